The Hall–Kier alpha value is -1.84. The molecule has 3 rings (SSSR count). The molecule has 1 aliphatic heterocycles. The maximum atomic E-state index is 12.1. The highest BCUT2D eigenvalue weighted by atomic mass is 32.2. The molecule has 1 aliphatic rings. The Morgan fingerprint density at radius 1 is 1.04 bits per heavy atom. The normalized spacial score (nSPS) is 15.9. The Kier molecular flexibility index (Phi) is 8.38. The highest BCUT2D eigenvalue weighted by Crippen LogP contribution is 2.21. The van der Waals surface area contributed by atoms with Crippen LogP contribution in [0.5, 0.6) is 0 Å². The first-order chi connectivity index (χ1) is 13.7. The van der Waals surface area contributed by atoms with Crippen LogP contribution in [0.4, 0.5) is 0 Å². The van der Waals surface area contributed by atoms with Crippen LogP contribution in [0, 0.1) is 5.92 Å². The molecule has 28 heavy (non-hydrogen) atoms. The molecule has 0 saturated carbocycles. The molecule has 0 spiro atoms. The van der Waals surface area contributed by atoms with Gasteiger partial charge in [-0.25, -0.2) is 0 Å². The minimum absolute atomic E-state index is 0.0437. The third-order valence-corrected chi connectivity index (χ3v) is 6.48. The summed E-state index contributed by atoms with van der Waals surface area (Å²) in [5.41, 5.74) is 1.79. The van der Waals surface area contributed by atoms with E-state index < -0.39 is 0 Å². The number of hydrogen-bond acceptors (Lipinski definition) is 3. The van der Waals surface area contributed by atoms with E-state index in [1.165, 1.54) is 56.0 Å². The zero-order valence-electron chi connectivity index (χ0n) is 16.8. The van der Waals surface area contributed by atoms with Crippen molar-refractivity contribution in [2.45, 2.75) is 37.5 Å². The molecule has 3 heteroatoms. The van der Waals surface area contributed by atoms with Crippen molar-refractivity contribution < 1.29 is 4.79 Å². The third kappa shape index (κ3) is 6.96. The van der Waals surface area contributed by atoms with Gasteiger partial charge in [-0.2, -0.15) is 0 Å². The van der Waals surface area contributed by atoms with Crippen LogP contribution in [0.25, 0.3) is 6.08 Å². The van der Waals surface area contributed by atoms with Gasteiger partial charge in [0, 0.05) is 10.5 Å². The van der Waals surface area contributed by atoms with Crippen LogP contribution >= 0.6 is 11.8 Å². The highest BCUT2D eigenvalue weighted by molar-refractivity contribution is 7.99. The molecule has 0 atom stereocenters. The summed E-state index contributed by atoms with van der Waals surface area (Å²) in [6.07, 6.45) is 8.84. The van der Waals surface area contributed by atoms with Crippen molar-refractivity contribution in [3.05, 3.63) is 71.8 Å². The minimum atomic E-state index is 0.0437. The molecule has 0 bridgehead atoms. The molecule has 1 heterocycles. The lowest BCUT2D eigenvalue weighted by atomic mass is 9.99. The summed E-state index contributed by atoms with van der Waals surface area (Å²) in [4.78, 5) is 16.1. The average Bonchev–Trinajstić information content (AvgIpc) is 2.74. The molecule has 1 fully saturated rings. The number of nitrogens with zero attached hydrogens (tertiary/aromatic N) is 1. The zero-order chi connectivity index (χ0) is 19.6. The second-order valence-corrected chi connectivity index (χ2v) is 8.88. The van der Waals surface area contributed by atoms with E-state index in [9.17, 15) is 4.79 Å². The van der Waals surface area contributed by atoms with Gasteiger partial charge >= 0.3 is 0 Å². The van der Waals surface area contributed by atoms with Crippen molar-refractivity contribution in [2.24, 2.45) is 5.92 Å². The quantitative estimate of drug-likeness (QED) is 0.219. The van der Waals surface area contributed by atoms with E-state index >= 15 is 0 Å². The molecule has 0 aromatic heterocycles. The molecular weight excluding hydrogens is 362 g/mol. The van der Waals surface area contributed by atoms with Gasteiger partial charge < -0.3 is 4.90 Å². The van der Waals surface area contributed by atoms with Crippen LogP contribution in [0.2, 0.25) is 0 Å². The monoisotopic (exact) mass is 393 g/mol. The summed E-state index contributed by atoms with van der Waals surface area (Å²) in [7, 11) is 0. The SMILES string of the molecule is CC1CCN(CCCCSc2ccc(/C=C/C(=O)c3ccccc3)cc2)CC1. The highest BCUT2D eigenvalue weighted by Gasteiger charge is 2.14. The maximum absolute atomic E-state index is 12.1. The predicted molar refractivity (Wildman–Crippen MR) is 121 cm³/mol. The first-order valence-electron chi connectivity index (χ1n) is 10.4. The van der Waals surface area contributed by atoms with Crippen LogP contribution < -0.4 is 0 Å². The van der Waals surface area contributed by atoms with Crippen LogP contribution in [0.15, 0.2) is 65.6 Å². The van der Waals surface area contributed by atoms with Gasteiger partial charge in [-0.3, -0.25) is 4.79 Å². The number of ketones is 1. The molecule has 0 unspecified atom stereocenters. The lowest BCUT2D eigenvalue weighted by Crippen LogP contribution is -2.33. The number of unbranched alkanes of at least 4 members (excludes halogenated alkanes) is 1. The Bertz CT molecular complexity index is 746. The minimum Gasteiger partial charge on any atom is -0.303 e. The number of piperidine rings is 1. The summed E-state index contributed by atoms with van der Waals surface area (Å²) in [5.74, 6) is 2.13. The summed E-state index contributed by atoms with van der Waals surface area (Å²) in [6, 6.07) is 17.9. The second kappa shape index (κ2) is 11.2. The fraction of sp³-hybridized carbons (Fsp3) is 0.400. The van der Waals surface area contributed by atoms with Crippen molar-refractivity contribution in [2.75, 3.05) is 25.4 Å². The van der Waals surface area contributed by atoms with Crippen molar-refractivity contribution in [3.8, 4) is 0 Å². The van der Waals surface area contributed by atoms with Crippen LogP contribution in [-0.2, 0) is 0 Å². The zero-order valence-corrected chi connectivity index (χ0v) is 17.7. The summed E-state index contributed by atoms with van der Waals surface area (Å²) < 4.78 is 0. The van der Waals surface area contributed by atoms with Gasteiger partial charge in [-0.1, -0.05) is 55.5 Å². The van der Waals surface area contributed by atoms with Gasteiger partial charge in [0.2, 0.25) is 0 Å². The van der Waals surface area contributed by atoms with Crippen LogP contribution in [0.3, 0.4) is 0 Å². The fourth-order valence-corrected chi connectivity index (χ4v) is 4.37. The summed E-state index contributed by atoms with van der Waals surface area (Å²) >= 11 is 1.93. The molecule has 2 nitrogen and oxygen atoms in total. The smallest absolute Gasteiger partial charge is 0.185 e. The Morgan fingerprint density at radius 3 is 2.46 bits per heavy atom. The lowest BCUT2D eigenvalue weighted by molar-refractivity contribution is 0.104. The number of carbonyl (C=O) groups excluding carboxylic acids is 1. The molecule has 148 valence electrons. The summed E-state index contributed by atoms with van der Waals surface area (Å²) in [6.45, 7) is 6.20. The van der Waals surface area contributed by atoms with E-state index in [1.54, 1.807) is 6.08 Å². The Morgan fingerprint density at radius 2 is 1.75 bits per heavy atom. The van der Waals surface area contributed by atoms with Gasteiger partial charge in [-0.05, 0) is 80.8 Å². The van der Waals surface area contributed by atoms with E-state index in [0.717, 1.165) is 17.0 Å². The van der Waals surface area contributed by atoms with Crippen molar-refractivity contribution in [1.29, 1.82) is 0 Å². The van der Waals surface area contributed by atoms with E-state index in [0.29, 0.717) is 0 Å². The number of allylic oxidation sites excluding steroid dienone is 1. The number of carbonyl (C=O) groups is 1. The van der Waals surface area contributed by atoms with Gasteiger partial charge in [0.15, 0.2) is 5.78 Å². The molecular formula is C25H31NOS. The number of thioether (sulfide) groups is 1. The standard InChI is InChI=1S/C25H31NOS/c1-21-15-18-26(19-16-21)17-5-6-20-28-24-12-9-22(10-13-24)11-14-25(27)23-7-3-2-4-8-23/h2-4,7-14,21H,5-6,15-20H2,1H3/b14-11+. The predicted octanol–water partition coefficient (Wildman–Crippen LogP) is 6.19. The van der Waals surface area contributed by atoms with Crippen LogP contribution in [-0.4, -0.2) is 36.1 Å². The van der Waals surface area contributed by atoms with E-state index in [1.807, 2.05) is 48.2 Å². The largest absolute Gasteiger partial charge is 0.303 e. The number of hydrogen-bond donors (Lipinski definition) is 0. The topological polar surface area (TPSA) is 20.3 Å². The number of benzene rings is 2. The molecule has 0 amide bonds. The van der Waals surface area contributed by atoms with Gasteiger partial charge in [0.05, 0.1) is 0 Å². The Balaban J connectivity index is 1.35. The first-order valence-corrected chi connectivity index (χ1v) is 11.4. The van der Waals surface area contributed by atoms with E-state index in [2.05, 4.69) is 36.1 Å². The van der Waals surface area contributed by atoms with Crippen molar-refractivity contribution in [3.63, 3.8) is 0 Å². The third-order valence-electron chi connectivity index (χ3n) is 5.38. The molecule has 0 aliphatic carbocycles. The van der Waals surface area contributed by atoms with E-state index in [-0.39, 0.29) is 5.78 Å². The van der Waals surface area contributed by atoms with Crippen LogP contribution in [0.1, 0.15) is 48.5 Å². The second-order valence-electron chi connectivity index (χ2n) is 7.71. The molecule has 0 radical (unpaired) electrons. The molecule has 1 saturated heterocycles. The lowest BCUT2D eigenvalue weighted by Gasteiger charge is -2.30. The maximum Gasteiger partial charge on any atom is 0.185 e. The first kappa shape index (κ1) is 20.9. The van der Waals surface area contributed by atoms with Gasteiger partial charge in [-0.15, -0.1) is 11.8 Å². The Labute approximate surface area is 174 Å². The van der Waals surface area contributed by atoms with Gasteiger partial charge in [0.25, 0.3) is 0 Å². The van der Waals surface area contributed by atoms with Gasteiger partial charge in [0.1, 0.15) is 0 Å². The van der Waals surface area contributed by atoms with Crippen molar-refractivity contribution in [1.82, 2.24) is 4.90 Å². The molecule has 2 aromatic rings. The molecule has 2 aromatic carbocycles. The molecule has 0 N–H and O–H groups in total. The summed E-state index contributed by atoms with van der Waals surface area (Å²) in [5, 5.41) is 0. The fourth-order valence-electron chi connectivity index (χ4n) is 3.46. The van der Waals surface area contributed by atoms with E-state index in [4.69, 9.17) is 0 Å². The average molecular weight is 394 g/mol. The number of rotatable bonds is 9. The number of likely N-dealkylation sites (tertiary alicyclic amines) is 1. The van der Waals surface area contributed by atoms with Crippen molar-refractivity contribution >= 4 is 23.6 Å².